The molecule has 1 aromatic carbocycles. The molecule has 0 amide bonds. The monoisotopic (exact) mass is 317 g/mol. The summed E-state index contributed by atoms with van der Waals surface area (Å²) in [5.41, 5.74) is 5.65. The Bertz CT molecular complexity index is 587. The fourth-order valence-electron chi connectivity index (χ4n) is 1.94. The first-order valence-corrected chi connectivity index (χ1v) is 8.39. The van der Waals surface area contributed by atoms with Gasteiger partial charge < -0.3 is 10.3 Å². The Kier molecular flexibility index (Phi) is 6.03. The van der Waals surface area contributed by atoms with Crippen molar-refractivity contribution in [2.45, 2.75) is 19.8 Å². The van der Waals surface area contributed by atoms with Gasteiger partial charge in [0.05, 0.1) is 0 Å². The van der Waals surface area contributed by atoms with Crippen molar-refractivity contribution in [1.82, 2.24) is 5.43 Å². The standard InChI is InChI=1S/C16H23N5S/c1-4-5-10-22-16-18-14(15(19-16)20-17)11-12-6-8-13(9-7-12)21(2)3/h6-9,11H,4-5,10,17H2,1-3H3,(H,18,19,20)/b14-11-. The maximum absolute atomic E-state index is 5.55. The molecule has 22 heavy (non-hydrogen) atoms. The highest BCUT2D eigenvalue weighted by Crippen LogP contribution is 2.21. The number of aliphatic imine (C=N–C) groups is 2. The molecule has 1 heterocycles. The number of hydrogen-bond donors (Lipinski definition) is 2. The van der Waals surface area contributed by atoms with Crippen molar-refractivity contribution in [3.8, 4) is 0 Å². The third-order valence-electron chi connectivity index (χ3n) is 3.24. The SMILES string of the molecule is CCCCSC1=N/C(=C\c2ccc(N(C)C)cc2)C(NN)=N1. The lowest BCUT2D eigenvalue weighted by Gasteiger charge is -2.11. The highest BCUT2D eigenvalue weighted by molar-refractivity contribution is 8.13. The minimum Gasteiger partial charge on any atom is -0.378 e. The molecule has 0 spiro atoms. The molecule has 0 aliphatic carbocycles. The van der Waals surface area contributed by atoms with Crippen LogP contribution in [0.25, 0.3) is 6.08 Å². The van der Waals surface area contributed by atoms with Crippen molar-refractivity contribution < 1.29 is 0 Å². The summed E-state index contributed by atoms with van der Waals surface area (Å²) in [7, 11) is 4.05. The van der Waals surface area contributed by atoms with Crippen molar-refractivity contribution in [3.63, 3.8) is 0 Å². The van der Waals surface area contributed by atoms with Gasteiger partial charge >= 0.3 is 0 Å². The lowest BCUT2D eigenvalue weighted by Crippen LogP contribution is -2.30. The normalized spacial score (nSPS) is 15.7. The van der Waals surface area contributed by atoms with Gasteiger partial charge in [-0.05, 0) is 30.2 Å². The number of nitrogens with one attached hydrogen (secondary N) is 1. The van der Waals surface area contributed by atoms with Crippen LogP contribution in [0.3, 0.4) is 0 Å². The zero-order valence-electron chi connectivity index (χ0n) is 13.3. The zero-order valence-corrected chi connectivity index (χ0v) is 14.2. The second kappa shape index (κ2) is 8.00. The van der Waals surface area contributed by atoms with E-state index in [0.29, 0.717) is 5.84 Å². The fraction of sp³-hybridized carbons (Fsp3) is 0.375. The van der Waals surface area contributed by atoms with Gasteiger partial charge in [0.2, 0.25) is 0 Å². The number of rotatable bonds is 5. The maximum Gasteiger partial charge on any atom is 0.190 e. The molecule has 0 atom stereocenters. The zero-order chi connectivity index (χ0) is 15.9. The van der Waals surface area contributed by atoms with Crippen LogP contribution in [0.1, 0.15) is 25.3 Å². The van der Waals surface area contributed by atoms with Gasteiger partial charge in [0.15, 0.2) is 11.0 Å². The van der Waals surface area contributed by atoms with Gasteiger partial charge in [-0.3, -0.25) is 0 Å². The van der Waals surface area contributed by atoms with Crippen LogP contribution in [0.5, 0.6) is 0 Å². The molecule has 0 saturated heterocycles. The highest BCUT2D eigenvalue weighted by Gasteiger charge is 2.15. The molecule has 5 nitrogen and oxygen atoms in total. The van der Waals surface area contributed by atoms with E-state index in [2.05, 4.69) is 51.5 Å². The predicted octanol–water partition coefficient (Wildman–Crippen LogP) is 2.86. The number of nitrogens with zero attached hydrogens (tertiary/aromatic N) is 3. The van der Waals surface area contributed by atoms with Crippen LogP contribution in [0, 0.1) is 0 Å². The Morgan fingerprint density at radius 3 is 2.55 bits per heavy atom. The van der Waals surface area contributed by atoms with Crippen LogP contribution in [-0.2, 0) is 0 Å². The highest BCUT2D eigenvalue weighted by atomic mass is 32.2. The number of thioether (sulfide) groups is 1. The van der Waals surface area contributed by atoms with E-state index in [1.165, 1.54) is 12.1 Å². The number of hydrazine groups is 1. The first kappa shape index (κ1) is 16.6. The quantitative estimate of drug-likeness (QED) is 0.498. The molecule has 0 bridgehead atoms. The number of nitrogens with two attached hydrogens (primary N) is 1. The smallest absolute Gasteiger partial charge is 0.190 e. The number of benzene rings is 1. The lowest BCUT2D eigenvalue weighted by molar-refractivity contribution is 0.898. The van der Waals surface area contributed by atoms with Gasteiger partial charge in [0.1, 0.15) is 5.70 Å². The van der Waals surface area contributed by atoms with E-state index in [9.17, 15) is 0 Å². The number of anilines is 1. The summed E-state index contributed by atoms with van der Waals surface area (Å²) in [5.74, 6) is 7.20. The van der Waals surface area contributed by atoms with E-state index >= 15 is 0 Å². The summed E-state index contributed by atoms with van der Waals surface area (Å²) in [6.45, 7) is 2.18. The fourth-order valence-corrected chi connectivity index (χ4v) is 2.87. The lowest BCUT2D eigenvalue weighted by atomic mass is 10.1. The summed E-state index contributed by atoms with van der Waals surface area (Å²) in [6, 6.07) is 8.28. The Morgan fingerprint density at radius 1 is 1.23 bits per heavy atom. The minimum absolute atomic E-state index is 0.621. The van der Waals surface area contributed by atoms with E-state index in [1.807, 2.05) is 20.2 Å². The third-order valence-corrected chi connectivity index (χ3v) is 4.18. The Morgan fingerprint density at radius 2 is 1.95 bits per heavy atom. The second-order valence-electron chi connectivity index (χ2n) is 5.22. The topological polar surface area (TPSA) is 66.0 Å². The molecule has 6 heteroatoms. The number of unbranched alkanes of at least 4 members (excludes halogenated alkanes) is 1. The van der Waals surface area contributed by atoms with Gasteiger partial charge in [-0.15, -0.1) is 0 Å². The van der Waals surface area contributed by atoms with Gasteiger partial charge in [-0.1, -0.05) is 37.2 Å². The molecule has 1 aliphatic heterocycles. The number of hydrogen-bond acceptors (Lipinski definition) is 6. The first-order valence-electron chi connectivity index (χ1n) is 7.40. The van der Waals surface area contributed by atoms with Crippen molar-refractivity contribution in [2.75, 3.05) is 24.7 Å². The van der Waals surface area contributed by atoms with Crippen LogP contribution < -0.4 is 16.2 Å². The molecule has 0 aromatic heterocycles. The van der Waals surface area contributed by atoms with Crippen molar-refractivity contribution in [2.24, 2.45) is 15.8 Å². The predicted molar refractivity (Wildman–Crippen MR) is 98.3 cm³/mol. The molecule has 118 valence electrons. The van der Waals surface area contributed by atoms with Gasteiger partial charge in [-0.25, -0.2) is 15.8 Å². The molecule has 0 unspecified atom stereocenters. The summed E-state index contributed by atoms with van der Waals surface area (Å²) in [6.07, 6.45) is 4.33. The average Bonchev–Trinajstić information content (AvgIpc) is 2.90. The summed E-state index contributed by atoms with van der Waals surface area (Å²) in [5, 5.41) is 0.776. The third kappa shape index (κ3) is 4.35. The maximum atomic E-state index is 5.55. The molecule has 1 aliphatic rings. The Hall–Kier alpha value is -1.79. The van der Waals surface area contributed by atoms with Gasteiger partial charge in [0, 0.05) is 25.5 Å². The van der Waals surface area contributed by atoms with Crippen LogP contribution in [0.2, 0.25) is 0 Å². The summed E-state index contributed by atoms with van der Waals surface area (Å²) < 4.78 is 0. The van der Waals surface area contributed by atoms with Crippen LogP contribution >= 0.6 is 11.8 Å². The van der Waals surface area contributed by atoms with Gasteiger partial charge in [0.25, 0.3) is 0 Å². The average molecular weight is 317 g/mol. The number of amidine groups is 2. The summed E-state index contributed by atoms with van der Waals surface area (Å²) in [4.78, 5) is 11.0. The molecule has 0 radical (unpaired) electrons. The van der Waals surface area contributed by atoms with Crippen molar-refractivity contribution >= 4 is 34.5 Å². The molecule has 1 aromatic rings. The van der Waals surface area contributed by atoms with E-state index in [0.717, 1.165) is 28.6 Å². The van der Waals surface area contributed by atoms with E-state index in [-0.39, 0.29) is 0 Å². The molecule has 0 saturated carbocycles. The van der Waals surface area contributed by atoms with E-state index in [1.54, 1.807) is 11.8 Å². The molecule has 3 N–H and O–H groups in total. The second-order valence-corrected chi connectivity index (χ2v) is 6.28. The molecule has 0 fully saturated rings. The summed E-state index contributed by atoms with van der Waals surface area (Å²) >= 11 is 1.67. The van der Waals surface area contributed by atoms with Crippen LogP contribution in [0.15, 0.2) is 39.9 Å². The van der Waals surface area contributed by atoms with Crippen molar-refractivity contribution in [1.29, 1.82) is 0 Å². The first-order chi connectivity index (χ1) is 10.6. The molecular formula is C16H23N5S. The van der Waals surface area contributed by atoms with Crippen LogP contribution in [0.4, 0.5) is 5.69 Å². The minimum atomic E-state index is 0.621. The molecular weight excluding hydrogens is 294 g/mol. The van der Waals surface area contributed by atoms with Crippen molar-refractivity contribution in [3.05, 3.63) is 35.5 Å². The van der Waals surface area contributed by atoms with Gasteiger partial charge in [-0.2, -0.15) is 0 Å². The van der Waals surface area contributed by atoms with E-state index in [4.69, 9.17) is 5.84 Å². The largest absolute Gasteiger partial charge is 0.378 e. The molecule has 2 rings (SSSR count). The van der Waals surface area contributed by atoms with Crippen LogP contribution in [-0.4, -0.2) is 30.9 Å². The van der Waals surface area contributed by atoms with E-state index < -0.39 is 0 Å². The Labute approximate surface area is 136 Å². The Balaban J connectivity index is 2.13.